The van der Waals surface area contributed by atoms with Gasteiger partial charge in [-0.25, -0.2) is 4.79 Å². The number of urea groups is 1. The summed E-state index contributed by atoms with van der Waals surface area (Å²) in [5.74, 6) is 1.94. The molecule has 0 bridgehead atoms. The van der Waals surface area contributed by atoms with Crippen LogP contribution in [-0.2, 0) is 0 Å². The van der Waals surface area contributed by atoms with Crippen LogP contribution in [0.4, 0.5) is 16.2 Å². The standard InChI is InChI=1S/C21H21N5O5/c1-30-18-8-2-14(3-9-18)19-23-20(31-24-19)15-10-12-25(13-11-15)21(27)22-16-4-6-17(7-5-16)26(28)29/h2-9,15H,10-13H2,1H3,(H,22,27). The maximum Gasteiger partial charge on any atom is 0.321 e. The first-order valence-corrected chi connectivity index (χ1v) is 9.82. The number of ether oxygens (including phenoxy) is 1. The van der Waals surface area contributed by atoms with Gasteiger partial charge in [0.2, 0.25) is 11.7 Å². The molecule has 1 aromatic heterocycles. The zero-order valence-corrected chi connectivity index (χ0v) is 16.9. The monoisotopic (exact) mass is 423 g/mol. The van der Waals surface area contributed by atoms with Crippen LogP contribution in [0.5, 0.6) is 5.75 Å². The highest BCUT2D eigenvalue weighted by molar-refractivity contribution is 5.89. The Kier molecular flexibility index (Phi) is 5.78. The molecule has 1 saturated heterocycles. The van der Waals surface area contributed by atoms with Crippen molar-refractivity contribution in [3.8, 4) is 17.1 Å². The summed E-state index contributed by atoms with van der Waals surface area (Å²) in [4.78, 5) is 29.0. The molecule has 10 heteroatoms. The Balaban J connectivity index is 1.32. The lowest BCUT2D eigenvalue weighted by atomic mass is 9.97. The number of nitrogens with zero attached hydrogens (tertiary/aromatic N) is 4. The number of piperidine rings is 1. The number of nitro benzene ring substituents is 1. The third-order valence-corrected chi connectivity index (χ3v) is 5.25. The number of hydrogen-bond donors (Lipinski definition) is 1. The molecular formula is C21H21N5O5. The smallest absolute Gasteiger partial charge is 0.321 e. The fourth-order valence-corrected chi connectivity index (χ4v) is 3.46. The van der Waals surface area contributed by atoms with Crippen molar-refractivity contribution in [1.29, 1.82) is 0 Å². The highest BCUT2D eigenvalue weighted by Crippen LogP contribution is 2.29. The number of carbonyl (C=O) groups excluding carboxylic acids is 1. The minimum atomic E-state index is -0.478. The zero-order chi connectivity index (χ0) is 21.8. The average molecular weight is 423 g/mol. The summed E-state index contributed by atoms with van der Waals surface area (Å²) in [6.45, 7) is 1.09. The van der Waals surface area contributed by atoms with Crippen molar-refractivity contribution in [1.82, 2.24) is 15.0 Å². The van der Waals surface area contributed by atoms with Crippen LogP contribution in [0.15, 0.2) is 53.1 Å². The molecular weight excluding hydrogens is 402 g/mol. The van der Waals surface area contributed by atoms with Crippen LogP contribution in [0.3, 0.4) is 0 Å². The number of aromatic nitrogens is 2. The van der Waals surface area contributed by atoms with Gasteiger partial charge in [0.25, 0.3) is 5.69 Å². The van der Waals surface area contributed by atoms with Crippen molar-refractivity contribution in [2.24, 2.45) is 0 Å². The third-order valence-electron chi connectivity index (χ3n) is 5.25. The third kappa shape index (κ3) is 4.63. The van der Waals surface area contributed by atoms with Crippen molar-refractivity contribution >= 4 is 17.4 Å². The number of carbonyl (C=O) groups is 1. The molecule has 3 aromatic rings. The Bertz CT molecular complexity index is 1060. The second kappa shape index (κ2) is 8.82. The summed E-state index contributed by atoms with van der Waals surface area (Å²) >= 11 is 0. The van der Waals surface area contributed by atoms with E-state index in [4.69, 9.17) is 9.26 Å². The maximum absolute atomic E-state index is 12.5. The second-order valence-corrected chi connectivity index (χ2v) is 7.18. The van der Waals surface area contributed by atoms with Crippen LogP contribution in [0, 0.1) is 10.1 Å². The average Bonchev–Trinajstić information content (AvgIpc) is 3.30. The van der Waals surface area contributed by atoms with E-state index in [1.165, 1.54) is 24.3 Å². The van der Waals surface area contributed by atoms with Gasteiger partial charge in [0.05, 0.1) is 12.0 Å². The van der Waals surface area contributed by atoms with Crippen molar-refractivity contribution in [2.45, 2.75) is 18.8 Å². The Morgan fingerprint density at radius 2 is 1.84 bits per heavy atom. The first-order chi connectivity index (χ1) is 15.0. The van der Waals surface area contributed by atoms with E-state index in [1.807, 2.05) is 24.3 Å². The Labute approximate surface area is 178 Å². The van der Waals surface area contributed by atoms with Crippen LogP contribution in [0.25, 0.3) is 11.4 Å². The molecule has 2 amide bonds. The lowest BCUT2D eigenvalue weighted by Crippen LogP contribution is -2.40. The van der Waals surface area contributed by atoms with Gasteiger partial charge in [-0.1, -0.05) is 5.16 Å². The van der Waals surface area contributed by atoms with Crippen LogP contribution in [-0.4, -0.2) is 46.2 Å². The van der Waals surface area contributed by atoms with E-state index in [2.05, 4.69) is 15.5 Å². The molecule has 31 heavy (non-hydrogen) atoms. The Morgan fingerprint density at radius 1 is 1.16 bits per heavy atom. The van der Waals surface area contributed by atoms with Crippen molar-refractivity contribution in [2.75, 3.05) is 25.5 Å². The number of benzene rings is 2. The van der Waals surface area contributed by atoms with E-state index >= 15 is 0 Å². The van der Waals surface area contributed by atoms with Gasteiger partial charge in [0, 0.05) is 42.4 Å². The zero-order valence-electron chi connectivity index (χ0n) is 16.9. The Hall–Kier alpha value is -3.95. The largest absolute Gasteiger partial charge is 0.497 e. The summed E-state index contributed by atoms with van der Waals surface area (Å²) in [6, 6.07) is 12.9. The number of nitro groups is 1. The minimum absolute atomic E-state index is 0.0209. The topological polar surface area (TPSA) is 124 Å². The lowest BCUT2D eigenvalue weighted by molar-refractivity contribution is -0.384. The highest BCUT2D eigenvalue weighted by atomic mass is 16.6. The molecule has 2 heterocycles. The van der Waals surface area contributed by atoms with Gasteiger partial charge in [-0.15, -0.1) is 0 Å². The van der Waals surface area contributed by atoms with E-state index in [9.17, 15) is 14.9 Å². The number of amides is 2. The maximum atomic E-state index is 12.5. The molecule has 0 unspecified atom stereocenters. The fourth-order valence-electron chi connectivity index (χ4n) is 3.46. The molecule has 0 radical (unpaired) electrons. The minimum Gasteiger partial charge on any atom is -0.497 e. The summed E-state index contributed by atoms with van der Waals surface area (Å²) < 4.78 is 10.6. The van der Waals surface area contributed by atoms with E-state index in [0.717, 1.165) is 11.3 Å². The number of rotatable bonds is 5. The summed E-state index contributed by atoms with van der Waals surface area (Å²) in [6.07, 6.45) is 1.41. The van der Waals surface area contributed by atoms with Crippen LogP contribution in [0.2, 0.25) is 0 Å². The lowest BCUT2D eigenvalue weighted by Gasteiger charge is -2.30. The molecule has 0 aliphatic carbocycles. The number of likely N-dealkylation sites (tertiary alicyclic amines) is 1. The summed E-state index contributed by atoms with van der Waals surface area (Å²) in [7, 11) is 1.61. The van der Waals surface area contributed by atoms with Crippen molar-refractivity contribution in [3.05, 3.63) is 64.5 Å². The van der Waals surface area contributed by atoms with Crippen molar-refractivity contribution in [3.63, 3.8) is 0 Å². The first-order valence-electron chi connectivity index (χ1n) is 9.82. The van der Waals surface area contributed by atoms with E-state index in [1.54, 1.807) is 12.0 Å². The van der Waals surface area contributed by atoms with Gasteiger partial charge in [-0.2, -0.15) is 4.98 Å². The molecule has 2 aromatic carbocycles. The second-order valence-electron chi connectivity index (χ2n) is 7.18. The quantitative estimate of drug-likeness (QED) is 0.485. The van der Waals surface area contributed by atoms with Crippen LogP contribution < -0.4 is 10.1 Å². The molecule has 0 atom stereocenters. The van der Waals surface area contributed by atoms with E-state index in [0.29, 0.717) is 43.3 Å². The van der Waals surface area contributed by atoms with Gasteiger partial charge >= 0.3 is 6.03 Å². The molecule has 10 nitrogen and oxygen atoms in total. The molecule has 1 N–H and O–H groups in total. The highest BCUT2D eigenvalue weighted by Gasteiger charge is 2.27. The summed E-state index contributed by atoms with van der Waals surface area (Å²) in [5.41, 5.74) is 1.34. The van der Waals surface area contributed by atoms with Gasteiger partial charge in [-0.05, 0) is 49.2 Å². The molecule has 4 rings (SSSR count). The van der Waals surface area contributed by atoms with Crippen molar-refractivity contribution < 1.29 is 19.0 Å². The number of methoxy groups -OCH3 is 1. The molecule has 1 aliphatic heterocycles. The molecule has 160 valence electrons. The van der Waals surface area contributed by atoms with Gasteiger partial charge < -0.3 is 19.5 Å². The predicted octanol–water partition coefficient (Wildman–Crippen LogP) is 4.06. The van der Waals surface area contributed by atoms with E-state index < -0.39 is 4.92 Å². The van der Waals surface area contributed by atoms with Crippen LogP contribution >= 0.6 is 0 Å². The predicted molar refractivity (Wildman–Crippen MR) is 112 cm³/mol. The SMILES string of the molecule is COc1ccc(-c2noc(C3CCN(C(=O)Nc4ccc([N+](=O)[O-])cc4)CC3)n2)cc1. The van der Waals surface area contributed by atoms with Gasteiger partial charge in [-0.3, -0.25) is 10.1 Å². The summed E-state index contributed by atoms with van der Waals surface area (Å²) in [5, 5.41) is 17.6. The first kappa shape index (κ1) is 20.3. The van der Waals surface area contributed by atoms with Gasteiger partial charge in [0.15, 0.2) is 0 Å². The fraction of sp³-hybridized carbons (Fsp3) is 0.286. The number of non-ortho nitro benzene ring substituents is 1. The number of nitrogens with one attached hydrogen (secondary N) is 1. The molecule has 1 aliphatic rings. The van der Waals surface area contributed by atoms with Crippen LogP contribution in [0.1, 0.15) is 24.7 Å². The molecule has 1 fully saturated rings. The number of anilines is 1. The van der Waals surface area contributed by atoms with Gasteiger partial charge in [0.1, 0.15) is 5.75 Å². The van der Waals surface area contributed by atoms with E-state index in [-0.39, 0.29) is 17.6 Å². The normalized spacial score (nSPS) is 14.3. The number of hydrogen-bond acceptors (Lipinski definition) is 7. The Morgan fingerprint density at radius 3 is 2.45 bits per heavy atom. The molecule has 0 saturated carbocycles. The molecule has 0 spiro atoms.